The standard InChI is InChI=1S/C13H21NO3S/c1-3-18(15,16)10-9-14-13(11-17-2)12-7-5-4-6-8-12/h4-8,13-14H,3,9-11H2,1-2H3. The highest BCUT2D eigenvalue weighted by atomic mass is 32.2. The number of nitrogens with one attached hydrogen (secondary N) is 1. The zero-order chi connectivity index (χ0) is 13.4. The monoisotopic (exact) mass is 271 g/mol. The van der Waals surface area contributed by atoms with Crippen LogP contribution in [0.15, 0.2) is 30.3 Å². The van der Waals surface area contributed by atoms with Gasteiger partial charge in [0.05, 0.1) is 18.4 Å². The summed E-state index contributed by atoms with van der Waals surface area (Å²) in [5, 5.41) is 3.22. The van der Waals surface area contributed by atoms with Crippen LogP contribution in [0.1, 0.15) is 18.5 Å². The zero-order valence-electron chi connectivity index (χ0n) is 10.9. The lowest BCUT2D eigenvalue weighted by Gasteiger charge is -2.18. The van der Waals surface area contributed by atoms with Crippen LogP contribution < -0.4 is 5.32 Å². The highest BCUT2D eigenvalue weighted by Crippen LogP contribution is 2.12. The zero-order valence-corrected chi connectivity index (χ0v) is 11.7. The summed E-state index contributed by atoms with van der Waals surface area (Å²) in [7, 11) is -1.28. The van der Waals surface area contributed by atoms with E-state index < -0.39 is 9.84 Å². The van der Waals surface area contributed by atoms with Gasteiger partial charge in [-0.2, -0.15) is 0 Å². The van der Waals surface area contributed by atoms with Gasteiger partial charge in [0.2, 0.25) is 0 Å². The van der Waals surface area contributed by atoms with Crippen LogP contribution in [0.2, 0.25) is 0 Å². The van der Waals surface area contributed by atoms with Gasteiger partial charge >= 0.3 is 0 Å². The van der Waals surface area contributed by atoms with E-state index in [2.05, 4.69) is 5.32 Å². The van der Waals surface area contributed by atoms with Crippen molar-refractivity contribution in [3.05, 3.63) is 35.9 Å². The first kappa shape index (κ1) is 15.1. The lowest BCUT2D eigenvalue weighted by molar-refractivity contribution is 0.168. The Morgan fingerprint density at radius 3 is 2.50 bits per heavy atom. The molecule has 1 unspecified atom stereocenters. The van der Waals surface area contributed by atoms with E-state index in [4.69, 9.17) is 4.74 Å². The Balaban J connectivity index is 2.54. The second-order valence-electron chi connectivity index (χ2n) is 4.11. The van der Waals surface area contributed by atoms with Crippen molar-refractivity contribution >= 4 is 9.84 Å². The van der Waals surface area contributed by atoms with E-state index in [0.717, 1.165) is 5.56 Å². The van der Waals surface area contributed by atoms with Crippen molar-refractivity contribution in [3.8, 4) is 0 Å². The quantitative estimate of drug-likeness (QED) is 0.776. The van der Waals surface area contributed by atoms with E-state index in [0.29, 0.717) is 13.2 Å². The Morgan fingerprint density at radius 1 is 1.28 bits per heavy atom. The molecule has 0 bridgehead atoms. The normalized spacial score (nSPS) is 13.4. The molecule has 0 heterocycles. The Morgan fingerprint density at radius 2 is 1.94 bits per heavy atom. The molecule has 0 aliphatic heterocycles. The maximum atomic E-state index is 11.4. The second kappa shape index (κ2) is 7.51. The fourth-order valence-electron chi connectivity index (χ4n) is 1.66. The summed E-state index contributed by atoms with van der Waals surface area (Å²) in [5.74, 6) is 0.353. The molecule has 4 nitrogen and oxygen atoms in total. The van der Waals surface area contributed by atoms with Crippen LogP contribution in [0, 0.1) is 0 Å². The van der Waals surface area contributed by atoms with Crippen molar-refractivity contribution in [2.75, 3.05) is 31.8 Å². The van der Waals surface area contributed by atoms with Gasteiger partial charge in [-0.3, -0.25) is 0 Å². The molecule has 0 aromatic heterocycles. The van der Waals surface area contributed by atoms with E-state index in [1.54, 1.807) is 14.0 Å². The van der Waals surface area contributed by atoms with Crippen molar-refractivity contribution < 1.29 is 13.2 Å². The minimum atomic E-state index is -2.92. The van der Waals surface area contributed by atoms with Crippen LogP contribution in [-0.4, -0.2) is 40.2 Å². The number of methoxy groups -OCH3 is 1. The Bertz CT molecular complexity index is 431. The van der Waals surface area contributed by atoms with E-state index in [1.165, 1.54) is 0 Å². The van der Waals surface area contributed by atoms with Gasteiger partial charge < -0.3 is 10.1 Å². The van der Waals surface area contributed by atoms with Crippen LogP contribution in [0.3, 0.4) is 0 Å². The average Bonchev–Trinajstić information content (AvgIpc) is 2.39. The molecule has 18 heavy (non-hydrogen) atoms. The summed E-state index contributed by atoms with van der Waals surface area (Å²) in [6, 6.07) is 9.92. The first-order chi connectivity index (χ1) is 8.59. The van der Waals surface area contributed by atoms with Crippen LogP contribution in [0.4, 0.5) is 0 Å². The third-order valence-electron chi connectivity index (χ3n) is 2.78. The highest BCUT2D eigenvalue weighted by molar-refractivity contribution is 7.91. The second-order valence-corrected chi connectivity index (χ2v) is 6.58. The number of sulfone groups is 1. The maximum absolute atomic E-state index is 11.4. The molecule has 0 amide bonds. The van der Waals surface area contributed by atoms with Crippen LogP contribution in [0.5, 0.6) is 0 Å². The van der Waals surface area contributed by atoms with Crippen molar-refractivity contribution in [1.29, 1.82) is 0 Å². The van der Waals surface area contributed by atoms with Crippen molar-refractivity contribution in [3.63, 3.8) is 0 Å². The minimum absolute atomic E-state index is 0.0308. The molecule has 1 aromatic carbocycles. The van der Waals surface area contributed by atoms with Gasteiger partial charge in [0.25, 0.3) is 0 Å². The first-order valence-corrected chi connectivity index (χ1v) is 7.89. The van der Waals surface area contributed by atoms with E-state index in [-0.39, 0.29) is 17.5 Å². The van der Waals surface area contributed by atoms with Gasteiger partial charge in [-0.1, -0.05) is 37.3 Å². The molecular formula is C13H21NO3S. The molecule has 5 heteroatoms. The van der Waals surface area contributed by atoms with Gasteiger partial charge in [-0.05, 0) is 5.56 Å². The van der Waals surface area contributed by atoms with Crippen molar-refractivity contribution in [1.82, 2.24) is 5.32 Å². The summed E-state index contributed by atoms with van der Waals surface area (Å²) < 4.78 is 28.0. The summed E-state index contributed by atoms with van der Waals surface area (Å²) in [5.41, 5.74) is 1.10. The molecule has 0 fully saturated rings. The number of hydrogen-bond donors (Lipinski definition) is 1. The van der Waals surface area contributed by atoms with E-state index in [9.17, 15) is 8.42 Å². The average molecular weight is 271 g/mol. The minimum Gasteiger partial charge on any atom is -0.383 e. The fourth-order valence-corrected chi connectivity index (χ4v) is 2.38. The summed E-state index contributed by atoms with van der Waals surface area (Å²) in [6.45, 7) is 2.63. The largest absolute Gasteiger partial charge is 0.383 e. The molecule has 0 aliphatic carbocycles. The molecule has 0 saturated carbocycles. The van der Waals surface area contributed by atoms with Gasteiger partial charge in [0.15, 0.2) is 9.84 Å². The predicted octanol–water partition coefficient (Wildman–Crippen LogP) is 1.40. The Kier molecular flexibility index (Phi) is 6.32. The summed E-state index contributed by atoms with van der Waals surface area (Å²) >= 11 is 0. The molecule has 0 aliphatic rings. The van der Waals surface area contributed by atoms with Crippen LogP contribution in [-0.2, 0) is 14.6 Å². The summed E-state index contributed by atoms with van der Waals surface area (Å²) in [6.07, 6.45) is 0. The Labute approximate surface area is 109 Å². The number of hydrogen-bond acceptors (Lipinski definition) is 4. The Hall–Kier alpha value is -0.910. The molecule has 0 spiro atoms. The van der Waals surface area contributed by atoms with Crippen LogP contribution >= 0.6 is 0 Å². The van der Waals surface area contributed by atoms with Crippen LogP contribution in [0.25, 0.3) is 0 Å². The molecule has 1 aromatic rings. The predicted molar refractivity (Wildman–Crippen MR) is 73.4 cm³/mol. The van der Waals surface area contributed by atoms with E-state index in [1.807, 2.05) is 30.3 Å². The van der Waals surface area contributed by atoms with Crippen molar-refractivity contribution in [2.45, 2.75) is 13.0 Å². The third kappa shape index (κ3) is 5.16. The van der Waals surface area contributed by atoms with Gasteiger partial charge in [0, 0.05) is 19.4 Å². The third-order valence-corrected chi connectivity index (χ3v) is 4.48. The number of ether oxygens (including phenoxy) is 1. The molecular weight excluding hydrogens is 250 g/mol. The van der Waals surface area contributed by atoms with Crippen molar-refractivity contribution in [2.24, 2.45) is 0 Å². The molecule has 1 atom stereocenters. The molecule has 1 rings (SSSR count). The molecule has 0 radical (unpaired) electrons. The number of benzene rings is 1. The number of rotatable bonds is 8. The van der Waals surface area contributed by atoms with Gasteiger partial charge in [-0.25, -0.2) is 8.42 Å². The maximum Gasteiger partial charge on any atom is 0.151 e. The lowest BCUT2D eigenvalue weighted by Crippen LogP contribution is -2.30. The van der Waals surface area contributed by atoms with Gasteiger partial charge in [0.1, 0.15) is 0 Å². The van der Waals surface area contributed by atoms with E-state index >= 15 is 0 Å². The highest BCUT2D eigenvalue weighted by Gasteiger charge is 2.12. The molecule has 1 N–H and O–H groups in total. The molecule has 102 valence electrons. The molecule has 0 saturated heterocycles. The summed E-state index contributed by atoms with van der Waals surface area (Å²) in [4.78, 5) is 0. The smallest absolute Gasteiger partial charge is 0.151 e. The van der Waals surface area contributed by atoms with Gasteiger partial charge in [-0.15, -0.1) is 0 Å². The SMILES string of the molecule is CCS(=O)(=O)CCNC(COC)c1ccccc1. The fraction of sp³-hybridized carbons (Fsp3) is 0.538. The first-order valence-electron chi connectivity index (χ1n) is 6.06. The topological polar surface area (TPSA) is 55.4 Å². The lowest BCUT2D eigenvalue weighted by atomic mass is 10.1.